The molecule has 0 aliphatic carbocycles. The van der Waals surface area contributed by atoms with E-state index in [4.69, 9.17) is 0 Å². The fourth-order valence-electron chi connectivity index (χ4n) is 3.93. The fourth-order valence-corrected chi connectivity index (χ4v) is 4.59. The van der Waals surface area contributed by atoms with E-state index in [-0.39, 0.29) is 11.9 Å². The molecule has 1 fully saturated rings. The van der Waals surface area contributed by atoms with Crippen molar-refractivity contribution in [2.75, 3.05) is 18.0 Å². The van der Waals surface area contributed by atoms with Crippen LogP contribution in [0.4, 0.5) is 5.69 Å². The molecule has 2 N–H and O–H groups in total. The van der Waals surface area contributed by atoms with Crippen molar-refractivity contribution in [3.05, 3.63) is 88.1 Å². The maximum atomic E-state index is 12.6. The van der Waals surface area contributed by atoms with Gasteiger partial charge < -0.3 is 15.5 Å². The largest absolute Gasteiger partial charge is 0.371 e. The zero-order valence-corrected chi connectivity index (χ0v) is 18.2. The highest BCUT2D eigenvalue weighted by atomic mass is 32.1. The molecule has 1 unspecified atom stereocenters. The highest BCUT2D eigenvalue weighted by Crippen LogP contribution is 2.21. The molecule has 2 aromatic carbocycles. The SMILES string of the molecule is CC(NC(=O)c1ccc(N2CCC(NCc3ccsc3)CC2)cc1)c1ccccc1. The second-order valence-electron chi connectivity index (χ2n) is 7.93. The Balaban J connectivity index is 1.27. The quantitative estimate of drug-likeness (QED) is 0.567. The van der Waals surface area contributed by atoms with Crippen LogP contribution in [0.25, 0.3) is 0 Å². The first kappa shape index (κ1) is 20.6. The lowest BCUT2D eigenvalue weighted by atomic mass is 10.0. The third-order valence-corrected chi connectivity index (χ3v) is 6.54. The minimum atomic E-state index is -0.0331. The van der Waals surface area contributed by atoms with Crippen molar-refractivity contribution < 1.29 is 4.79 Å². The number of amides is 1. The topological polar surface area (TPSA) is 44.4 Å². The molecular weight excluding hydrogens is 390 g/mol. The smallest absolute Gasteiger partial charge is 0.251 e. The molecule has 0 spiro atoms. The second kappa shape index (κ2) is 9.92. The molecule has 0 saturated carbocycles. The average Bonchev–Trinajstić information content (AvgIpc) is 3.32. The third kappa shape index (κ3) is 5.29. The Morgan fingerprint density at radius 3 is 2.47 bits per heavy atom. The Labute approximate surface area is 182 Å². The van der Waals surface area contributed by atoms with Gasteiger partial charge in [-0.2, -0.15) is 11.3 Å². The van der Waals surface area contributed by atoms with Gasteiger partial charge in [-0.25, -0.2) is 0 Å². The Morgan fingerprint density at radius 2 is 1.80 bits per heavy atom. The Kier molecular flexibility index (Phi) is 6.82. The summed E-state index contributed by atoms with van der Waals surface area (Å²) in [6, 6.07) is 20.8. The van der Waals surface area contributed by atoms with Gasteiger partial charge in [-0.3, -0.25) is 4.79 Å². The van der Waals surface area contributed by atoms with Crippen molar-refractivity contribution in [3.63, 3.8) is 0 Å². The van der Waals surface area contributed by atoms with Gasteiger partial charge in [-0.15, -0.1) is 0 Å². The van der Waals surface area contributed by atoms with E-state index in [1.54, 1.807) is 11.3 Å². The number of benzene rings is 2. The number of nitrogens with one attached hydrogen (secondary N) is 2. The van der Waals surface area contributed by atoms with E-state index < -0.39 is 0 Å². The Bertz CT molecular complexity index is 917. The van der Waals surface area contributed by atoms with Crippen molar-refractivity contribution in [2.45, 2.75) is 38.4 Å². The summed E-state index contributed by atoms with van der Waals surface area (Å²) in [6.45, 7) is 5.05. The second-order valence-corrected chi connectivity index (χ2v) is 8.71. The molecule has 30 heavy (non-hydrogen) atoms. The molecule has 1 aromatic heterocycles. The van der Waals surface area contributed by atoms with E-state index in [1.165, 1.54) is 11.3 Å². The lowest BCUT2D eigenvalue weighted by molar-refractivity contribution is 0.0940. The first-order valence-corrected chi connectivity index (χ1v) is 11.6. The van der Waals surface area contributed by atoms with Crippen LogP contribution >= 0.6 is 11.3 Å². The molecule has 1 amide bonds. The van der Waals surface area contributed by atoms with Gasteiger partial charge in [0.25, 0.3) is 5.91 Å². The summed E-state index contributed by atoms with van der Waals surface area (Å²) < 4.78 is 0. The van der Waals surface area contributed by atoms with E-state index in [2.05, 4.69) is 44.5 Å². The predicted molar refractivity (Wildman–Crippen MR) is 125 cm³/mol. The van der Waals surface area contributed by atoms with Crippen molar-refractivity contribution in [2.24, 2.45) is 0 Å². The maximum absolute atomic E-state index is 12.6. The molecule has 0 bridgehead atoms. The van der Waals surface area contributed by atoms with Crippen molar-refractivity contribution in [1.29, 1.82) is 0 Å². The highest BCUT2D eigenvalue weighted by Gasteiger charge is 2.19. The molecule has 1 saturated heterocycles. The monoisotopic (exact) mass is 419 g/mol. The number of carbonyl (C=O) groups is 1. The van der Waals surface area contributed by atoms with Crippen molar-refractivity contribution in [1.82, 2.24) is 10.6 Å². The van der Waals surface area contributed by atoms with Crippen LogP contribution in [-0.2, 0) is 6.54 Å². The van der Waals surface area contributed by atoms with Crippen LogP contribution in [0.15, 0.2) is 71.4 Å². The number of thiophene rings is 1. The van der Waals surface area contributed by atoms with Gasteiger partial charge >= 0.3 is 0 Å². The fraction of sp³-hybridized carbons (Fsp3) is 0.320. The van der Waals surface area contributed by atoms with Crippen LogP contribution in [-0.4, -0.2) is 25.0 Å². The molecule has 0 radical (unpaired) electrons. The summed E-state index contributed by atoms with van der Waals surface area (Å²) in [5.74, 6) is -0.0331. The first-order chi connectivity index (χ1) is 14.7. The van der Waals surface area contributed by atoms with Gasteiger partial charge in [0, 0.05) is 36.9 Å². The van der Waals surface area contributed by atoms with E-state index in [9.17, 15) is 4.79 Å². The standard InChI is InChI=1S/C25H29N3OS/c1-19(21-5-3-2-4-6-21)27-25(29)22-7-9-24(10-8-22)28-14-11-23(12-15-28)26-17-20-13-16-30-18-20/h2-10,13,16,18-19,23,26H,11-12,14-15,17H2,1H3,(H,27,29). The summed E-state index contributed by atoms with van der Waals surface area (Å²) >= 11 is 1.75. The van der Waals surface area contributed by atoms with Crippen LogP contribution in [0.3, 0.4) is 0 Å². The Morgan fingerprint density at radius 1 is 1.07 bits per heavy atom. The molecule has 1 atom stereocenters. The third-order valence-electron chi connectivity index (χ3n) is 5.81. The molecule has 1 aliphatic rings. The predicted octanol–water partition coefficient (Wildman–Crippen LogP) is 5.00. The summed E-state index contributed by atoms with van der Waals surface area (Å²) in [5, 5.41) is 11.1. The van der Waals surface area contributed by atoms with Crippen molar-refractivity contribution >= 4 is 22.9 Å². The molecule has 156 valence electrons. The first-order valence-electron chi connectivity index (χ1n) is 10.6. The van der Waals surface area contributed by atoms with E-state index >= 15 is 0 Å². The van der Waals surface area contributed by atoms with Gasteiger partial charge in [0.1, 0.15) is 0 Å². The number of piperidine rings is 1. The van der Waals surface area contributed by atoms with Crippen LogP contribution in [0.2, 0.25) is 0 Å². The van der Waals surface area contributed by atoms with E-state index in [1.807, 2.05) is 49.4 Å². The van der Waals surface area contributed by atoms with Gasteiger partial charge in [0.05, 0.1) is 6.04 Å². The van der Waals surface area contributed by atoms with Crippen LogP contribution in [0, 0.1) is 0 Å². The molecule has 4 nitrogen and oxygen atoms in total. The molecule has 5 heteroatoms. The highest BCUT2D eigenvalue weighted by molar-refractivity contribution is 7.07. The van der Waals surface area contributed by atoms with Gasteiger partial charge in [-0.1, -0.05) is 30.3 Å². The summed E-state index contributed by atoms with van der Waals surface area (Å²) in [6.07, 6.45) is 2.28. The summed E-state index contributed by atoms with van der Waals surface area (Å²) in [5.41, 5.74) is 4.38. The number of carbonyl (C=O) groups excluding carboxylic acids is 1. The number of nitrogens with zero attached hydrogens (tertiary/aromatic N) is 1. The van der Waals surface area contributed by atoms with Crippen LogP contribution in [0.5, 0.6) is 0 Å². The maximum Gasteiger partial charge on any atom is 0.251 e. The molecular formula is C25H29N3OS. The number of hydrogen-bond donors (Lipinski definition) is 2. The zero-order chi connectivity index (χ0) is 20.8. The summed E-state index contributed by atoms with van der Waals surface area (Å²) in [4.78, 5) is 15.0. The number of rotatable bonds is 7. The molecule has 4 rings (SSSR count). The van der Waals surface area contributed by atoms with E-state index in [0.717, 1.165) is 38.0 Å². The lowest BCUT2D eigenvalue weighted by Crippen LogP contribution is -2.42. The Hall–Kier alpha value is -2.63. The molecule has 1 aliphatic heterocycles. The van der Waals surface area contributed by atoms with Crippen LogP contribution in [0.1, 0.15) is 47.3 Å². The minimum absolute atomic E-state index is 0.0148. The number of anilines is 1. The summed E-state index contributed by atoms with van der Waals surface area (Å²) in [7, 11) is 0. The normalized spacial score (nSPS) is 15.7. The van der Waals surface area contributed by atoms with Gasteiger partial charge in [0.2, 0.25) is 0 Å². The van der Waals surface area contributed by atoms with Crippen molar-refractivity contribution in [3.8, 4) is 0 Å². The zero-order valence-electron chi connectivity index (χ0n) is 17.4. The lowest BCUT2D eigenvalue weighted by Gasteiger charge is -2.34. The number of hydrogen-bond acceptors (Lipinski definition) is 4. The van der Waals surface area contributed by atoms with Gasteiger partial charge in [0.15, 0.2) is 0 Å². The van der Waals surface area contributed by atoms with Gasteiger partial charge in [-0.05, 0) is 72.0 Å². The van der Waals surface area contributed by atoms with E-state index in [0.29, 0.717) is 11.6 Å². The average molecular weight is 420 g/mol. The van der Waals surface area contributed by atoms with Crippen LogP contribution < -0.4 is 15.5 Å². The molecule has 2 heterocycles. The minimum Gasteiger partial charge on any atom is -0.371 e. The molecule has 3 aromatic rings.